The largest absolute Gasteiger partial charge is 0.0683 e. The maximum atomic E-state index is 9.91. The summed E-state index contributed by atoms with van der Waals surface area (Å²) in [6, 6.07) is 1.95. The number of pyridine rings is 1. The fraction of sp³-hybridized carbons (Fsp3) is 0.370. The zero-order valence-corrected chi connectivity index (χ0v) is 23.9. The average Bonchev–Trinajstić information content (AvgIpc) is 3.41. The number of H-pyrrole nitrogens is 1. The van der Waals surface area contributed by atoms with E-state index in [1.54, 1.807) is 36.5 Å². The van der Waals surface area contributed by atoms with E-state index in [9.17, 15) is 10.2 Å². The Morgan fingerprint density at radius 3 is 2.92 bits per heavy atom. The van der Waals surface area contributed by atoms with Gasteiger partial charge >= 0.3 is 213 Å². The number of thioether (sulfide) groups is 1. The Balaban J connectivity index is 0.00000195. The first-order chi connectivity index (χ1) is 18.5. The van der Waals surface area contributed by atoms with Crippen LogP contribution in [0, 0.1) is 0 Å². The van der Waals surface area contributed by atoms with Gasteiger partial charge in [-0.1, -0.05) is 20.4 Å². The Bertz CT molecular complexity index is 1350. The molecular formula is C27H34BN5O3S2. The van der Waals surface area contributed by atoms with Crippen molar-refractivity contribution >= 4 is 34.9 Å². The van der Waals surface area contributed by atoms with Gasteiger partial charge in [0.15, 0.2) is 0 Å². The van der Waals surface area contributed by atoms with Crippen LogP contribution in [0.15, 0.2) is 70.0 Å². The number of nitrogens with zero attached hydrogens (tertiary/aromatic N) is 4. The monoisotopic (exact) mass is 551 g/mol. The smallest absolute Gasteiger partial charge is 0.0683 e. The Labute approximate surface area is 232 Å². The van der Waals surface area contributed by atoms with Gasteiger partial charge in [-0.2, -0.15) is 0 Å². The summed E-state index contributed by atoms with van der Waals surface area (Å²) in [4.78, 5) is 23.5. The van der Waals surface area contributed by atoms with Gasteiger partial charge in [-0.25, -0.2) is 0 Å². The summed E-state index contributed by atoms with van der Waals surface area (Å²) >= 11 is 2.91. The second-order valence-electron chi connectivity index (χ2n) is 8.41. The van der Waals surface area contributed by atoms with Crippen LogP contribution in [0.4, 0.5) is 5.82 Å². The minimum Gasteiger partial charge on any atom is -0.0683 e. The summed E-state index contributed by atoms with van der Waals surface area (Å²) in [6.07, 6.45) is 14.1. The van der Waals surface area contributed by atoms with E-state index in [1.807, 2.05) is 38.3 Å². The summed E-state index contributed by atoms with van der Waals surface area (Å²) in [5.41, 5.74) is 3.67. The van der Waals surface area contributed by atoms with E-state index in [1.165, 1.54) is 16.8 Å². The average molecular weight is 552 g/mol. The predicted molar refractivity (Wildman–Crippen MR) is 155 cm³/mol. The second kappa shape index (κ2) is 14.9. The van der Waals surface area contributed by atoms with Crippen molar-refractivity contribution in [1.82, 2.24) is 19.9 Å². The number of allylic oxidation sites excluding steroid dienone is 4. The standard InChI is InChI=1S/C25H28BN5O3S2.C2H6/c1-4-5-9-22(15(2)3)35-16-10-21(34-20-8-6-7-18-17(20)12-27-14-29-18)24(28-11-16)31-25-30-23(26-36-25)19(33)13-32;1-2/h4-5,9-12,14,19-20,32-33H,1,6-8,13H2,2-3H3,(H,28,30,31);1-2H3/b9-5-;. The fourth-order valence-corrected chi connectivity index (χ4v) is 5.32. The first-order valence-electron chi connectivity index (χ1n) is 12.6. The van der Waals surface area contributed by atoms with Crippen LogP contribution in [0.3, 0.4) is 0 Å². The number of ether oxygens (including phenoxy) is 1. The molecule has 0 radical (unpaired) electrons. The van der Waals surface area contributed by atoms with E-state index in [-0.39, 0.29) is 12.7 Å². The molecule has 8 nitrogen and oxygen atoms in total. The van der Waals surface area contributed by atoms with Crippen molar-refractivity contribution in [2.24, 2.45) is 4.99 Å². The molecule has 0 amide bonds. The molecule has 3 N–H and O–H groups in total. The van der Waals surface area contributed by atoms with Crippen molar-refractivity contribution in [1.29, 1.82) is 0 Å². The Kier molecular flexibility index (Phi) is 11.7. The van der Waals surface area contributed by atoms with Crippen LogP contribution in [-0.2, 0) is 6.42 Å². The Morgan fingerprint density at radius 1 is 1.37 bits per heavy atom. The van der Waals surface area contributed by atoms with Gasteiger partial charge in [0.2, 0.25) is 0 Å². The van der Waals surface area contributed by atoms with Crippen LogP contribution in [0.1, 0.15) is 69.6 Å². The van der Waals surface area contributed by atoms with Crippen molar-refractivity contribution < 1.29 is 14.9 Å². The molecule has 0 saturated heterocycles. The third-order valence-electron chi connectivity index (χ3n) is 5.52. The van der Waals surface area contributed by atoms with Crippen molar-refractivity contribution in [3.63, 3.8) is 0 Å². The molecule has 2 atom stereocenters. The zero-order valence-electron chi connectivity index (χ0n) is 22.2. The molecule has 0 saturated carbocycles. The second-order valence-corrected chi connectivity index (χ2v) is 10.4. The molecule has 3 aromatic rings. The number of aliphatic hydroxyl groups is 2. The van der Waals surface area contributed by atoms with Gasteiger partial charge in [0, 0.05) is 0 Å². The van der Waals surface area contributed by atoms with Gasteiger partial charge in [0.05, 0.1) is 0 Å². The molecule has 0 spiro atoms. The normalized spacial score (nSPS) is 15.7. The van der Waals surface area contributed by atoms with Crippen LogP contribution in [0.25, 0.3) is 0 Å². The van der Waals surface area contributed by atoms with Crippen molar-refractivity contribution in [2.45, 2.75) is 64.1 Å². The van der Waals surface area contributed by atoms with Gasteiger partial charge in [-0.05, 0) is 0 Å². The molecule has 38 heavy (non-hydrogen) atoms. The maximum Gasteiger partial charge on any atom is -0.0683 e. The number of aromatic amines is 1. The Morgan fingerprint density at radius 2 is 2.18 bits per heavy atom. The number of hydrogen-bond donors (Lipinski definition) is 3. The number of hydrogen-bond acceptors (Lipinski definition) is 9. The molecule has 0 fully saturated rings. The molecule has 4 rings (SSSR count). The predicted octanol–water partition coefficient (Wildman–Crippen LogP) is 5.47. The quantitative estimate of drug-likeness (QED) is 0.239. The number of aliphatic hydroxyl groups excluding tert-OH is 2. The van der Waals surface area contributed by atoms with E-state index < -0.39 is 6.10 Å². The molecule has 0 aromatic carbocycles. The minimum atomic E-state index is -0.988. The third kappa shape index (κ3) is 7.83. The molecule has 3 heterocycles. The van der Waals surface area contributed by atoms with Gasteiger partial charge in [0.25, 0.3) is 0 Å². The van der Waals surface area contributed by atoms with Crippen molar-refractivity contribution in [2.75, 3.05) is 6.61 Å². The molecule has 1 aliphatic carbocycles. The first kappa shape index (κ1) is 29.7. The molecule has 11 heteroatoms. The third-order valence-corrected chi connectivity index (χ3v) is 7.53. The fourth-order valence-electron chi connectivity index (χ4n) is 3.67. The van der Waals surface area contributed by atoms with Crippen LogP contribution in [-0.4, -0.2) is 42.9 Å². The van der Waals surface area contributed by atoms with Crippen LogP contribution in [0.2, 0.25) is 0 Å². The molecule has 1 aliphatic rings. The zero-order chi connectivity index (χ0) is 27.5. The van der Waals surface area contributed by atoms with Gasteiger partial charge < -0.3 is 0 Å². The van der Waals surface area contributed by atoms with Crippen LogP contribution in [0.5, 0.6) is 5.75 Å². The summed E-state index contributed by atoms with van der Waals surface area (Å²) in [7, 11) is 0. The number of rotatable bonds is 9. The van der Waals surface area contributed by atoms with E-state index >= 15 is 0 Å². The van der Waals surface area contributed by atoms with Crippen molar-refractivity contribution in [3.8, 4) is 5.75 Å². The number of fused-ring (bicyclic) bond motifs is 1. The van der Waals surface area contributed by atoms with E-state index in [0.29, 0.717) is 22.0 Å². The van der Waals surface area contributed by atoms with Crippen molar-refractivity contribution in [3.05, 3.63) is 81.7 Å². The molecule has 2 unspecified atom stereocenters. The molecular weight excluding hydrogens is 517 g/mol. The summed E-state index contributed by atoms with van der Waals surface area (Å²) in [5.74, 6) is 0.973. The number of aromatic nitrogens is 4. The molecule has 200 valence electrons. The van der Waals surface area contributed by atoms with Gasteiger partial charge in [0.1, 0.15) is 0 Å². The summed E-state index contributed by atoms with van der Waals surface area (Å²) < 4.78 is 6.53. The SMILES string of the molecule is C=C/C=C\C(Sc1cnc(/N=c2/[nH]c(C(O)CO)bs2)c(OC2CCCc3ncncc32)c1)=C(C)C.CC. The molecule has 0 bridgehead atoms. The van der Waals surface area contributed by atoms with Gasteiger partial charge in [-0.3, -0.25) is 0 Å². The first-order valence-corrected chi connectivity index (χ1v) is 14.3. The summed E-state index contributed by atoms with van der Waals surface area (Å²) in [6.45, 7) is 11.5. The van der Waals surface area contributed by atoms with E-state index in [4.69, 9.17) is 4.74 Å². The Hall–Kier alpha value is -2.86. The minimum absolute atomic E-state index is 0.200. The molecule has 0 aliphatic heterocycles. The maximum absolute atomic E-state index is 9.91. The van der Waals surface area contributed by atoms with E-state index in [2.05, 4.69) is 45.4 Å². The van der Waals surface area contributed by atoms with Gasteiger partial charge in [-0.15, -0.1) is 0 Å². The number of nitrogens with one attached hydrogen (secondary N) is 1. The number of aryl methyl sites for hydroxylation is 1. The summed E-state index contributed by atoms with van der Waals surface area (Å²) in [5, 5.41) is 19.1. The topological polar surface area (TPSA) is 117 Å². The molecule has 3 aromatic heterocycles. The van der Waals surface area contributed by atoms with Crippen LogP contribution >= 0.6 is 22.9 Å². The van der Waals surface area contributed by atoms with Crippen LogP contribution < -0.4 is 9.54 Å². The van der Waals surface area contributed by atoms with E-state index in [0.717, 1.165) is 40.3 Å².